The molecule has 4 nitrogen and oxygen atoms in total. The van der Waals surface area contributed by atoms with E-state index >= 15 is 0 Å². The third kappa shape index (κ3) is 2.59. The Morgan fingerprint density at radius 1 is 1.12 bits per heavy atom. The van der Waals surface area contributed by atoms with E-state index in [-0.39, 0.29) is 5.54 Å². The number of anilines is 1. The van der Waals surface area contributed by atoms with Gasteiger partial charge in [0.05, 0.1) is 12.5 Å². The molecule has 2 aromatic rings. The highest BCUT2D eigenvalue weighted by atomic mass is 16.3. The van der Waals surface area contributed by atoms with Gasteiger partial charge in [0.15, 0.2) is 0 Å². The van der Waals surface area contributed by atoms with Crippen molar-refractivity contribution < 1.29 is 4.42 Å². The highest BCUT2D eigenvalue weighted by Gasteiger charge is 2.10. The van der Waals surface area contributed by atoms with Crippen LogP contribution in [0.3, 0.4) is 0 Å². The van der Waals surface area contributed by atoms with Crippen LogP contribution in [0.15, 0.2) is 35.4 Å². The lowest BCUT2D eigenvalue weighted by atomic mass is 10.1. The zero-order valence-electron chi connectivity index (χ0n) is 9.69. The molecule has 0 aromatic carbocycles. The Kier molecular flexibility index (Phi) is 2.64. The van der Waals surface area contributed by atoms with Gasteiger partial charge in [-0.05, 0) is 26.8 Å². The van der Waals surface area contributed by atoms with Gasteiger partial charge in [-0.2, -0.15) is 0 Å². The molecule has 0 aliphatic heterocycles. The van der Waals surface area contributed by atoms with Crippen LogP contribution in [0, 0.1) is 0 Å². The van der Waals surface area contributed by atoms with E-state index in [9.17, 15) is 0 Å². The number of aromatic nitrogens is 2. The Morgan fingerprint density at radius 3 is 2.31 bits per heavy atom. The van der Waals surface area contributed by atoms with Crippen LogP contribution in [0.2, 0.25) is 0 Å². The van der Waals surface area contributed by atoms with Gasteiger partial charge in [0.1, 0.15) is 0 Å². The average Bonchev–Trinajstić information content (AvgIpc) is 2.69. The minimum atomic E-state index is -0.0306. The topological polar surface area (TPSA) is 51.0 Å². The third-order valence-electron chi connectivity index (χ3n) is 1.99. The highest BCUT2D eigenvalue weighted by molar-refractivity contribution is 5.60. The van der Waals surface area contributed by atoms with Crippen LogP contribution < -0.4 is 5.32 Å². The summed E-state index contributed by atoms with van der Waals surface area (Å²) in [6.45, 7) is 6.21. The maximum atomic E-state index is 5.01. The van der Waals surface area contributed by atoms with Gasteiger partial charge in [0.25, 0.3) is 0 Å². The molecular weight excluding hydrogens is 202 g/mol. The van der Waals surface area contributed by atoms with E-state index in [1.54, 1.807) is 24.9 Å². The van der Waals surface area contributed by atoms with E-state index in [4.69, 9.17) is 4.42 Å². The summed E-state index contributed by atoms with van der Waals surface area (Å²) in [5.74, 6) is 0.639. The molecule has 0 amide bonds. The van der Waals surface area contributed by atoms with E-state index in [2.05, 4.69) is 36.1 Å². The van der Waals surface area contributed by atoms with E-state index in [1.807, 2.05) is 6.07 Å². The molecule has 0 spiro atoms. The van der Waals surface area contributed by atoms with Gasteiger partial charge in [0, 0.05) is 29.1 Å². The second-order valence-corrected chi connectivity index (χ2v) is 4.68. The number of rotatable bonds is 2. The number of nitrogens with one attached hydrogen (secondary N) is 1. The zero-order valence-corrected chi connectivity index (χ0v) is 9.69. The Labute approximate surface area is 94.7 Å². The van der Waals surface area contributed by atoms with Crippen LogP contribution in [-0.2, 0) is 0 Å². The lowest BCUT2D eigenvalue weighted by Crippen LogP contribution is -2.27. The summed E-state index contributed by atoms with van der Waals surface area (Å²) >= 11 is 0. The average molecular weight is 217 g/mol. The standard InChI is InChI=1S/C12H15N3O/c1-12(2,3)15-11-13-6-10(7-14-11)9-4-5-16-8-9/h4-8H,1-3H3,(H,13,14,15). The molecule has 0 bridgehead atoms. The first-order chi connectivity index (χ1) is 7.54. The third-order valence-corrected chi connectivity index (χ3v) is 1.99. The first-order valence-electron chi connectivity index (χ1n) is 5.17. The largest absolute Gasteiger partial charge is 0.472 e. The van der Waals surface area contributed by atoms with Gasteiger partial charge in [-0.15, -0.1) is 0 Å². The lowest BCUT2D eigenvalue weighted by molar-refractivity contribution is 0.568. The normalized spacial score (nSPS) is 11.4. The lowest BCUT2D eigenvalue weighted by Gasteiger charge is -2.20. The smallest absolute Gasteiger partial charge is 0.223 e. The summed E-state index contributed by atoms with van der Waals surface area (Å²) in [6, 6.07) is 1.88. The van der Waals surface area contributed by atoms with Crippen LogP contribution in [0.4, 0.5) is 5.95 Å². The van der Waals surface area contributed by atoms with Crippen LogP contribution in [0.25, 0.3) is 11.1 Å². The van der Waals surface area contributed by atoms with Gasteiger partial charge in [-0.25, -0.2) is 9.97 Å². The van der Waals surface area contributed by atoms with Gasteiger partial charge >= 0.3 is 0 Å². The first-order valence-corrected chi connectivity index (χ1v) is 5.17. The summed E-state index contributed by atoms with van der Waals surface area (Å²) in [4.78, 5) is 8.51. The summed E-state index contributed by atoms with van der Waals surface area (Å²) in [5.41, 5.74) is 1.91. The molecule has 0 saturated heterocycles. The SMILES string of the molecule is CC(C)(C)Nc1ncc(-c2ccoc2)cn1. The molecule has 2 rings (SSSR count). The van der Waals surface area contributed by atoms with Crippen molar-refractivity contribution in [3.63, 3.8) is 0 Å². The summed E-state index contributed by atoms with van der Waals surface area (Å²) in [6.07, 6.45) is 6.88. The number of nitrogens with zero attached hydrogens (tertiary/aromatic N) is 2. The van der Waals surface area contributed by atoms with Crippen molar-refractivity contribution in [3.05, 3.63) is 31.0 Å². The van der Waals surface area contributed by atoms with E-state index in [0.29, 0.717) is 5.95 Å². The van der Waals surface area contributed by atoms with E-state index in [0.717, 1.165) is 11.1 Å². The molecule has 0 fully saturated rings. The molecule has 0 radical (unpaired) electrons. The molecular formula is C12H15N3O. The molecule has 16 heavy (non-hydrogen) atoms. The molecule has 2 heterocycles. The molecule has 1 N–H and O–H groups in total. The molecule has 4 heteroatoms. The van der Waals surface area contributed by atoms with Gasteiger partial charge in [-0.1, -0.05) is 0 Å². The number of hydrogen-bond acceptors (Lipinski definition) is 4. The summed E-state index contributed by atoms with van der Waals surface area (Å²) in [7, 11) is 0. The maximum absolute atomic E-state index is 5.01. The predicted octanol–water partition coefficient (Wildman–Crippen LogP) is 2.95. The Bertz CT molecular complexity index is 440. The van der Waals surface area contributed by atoms with Crippen LogP contribution in [-0.4, -0.2) is 15.5 Å². The van der Waals surface area contributed by atoms with Crippen molar-refractivity contribution in [1.29, 1.82) is 0 Å². The minimum Gasteiger partial charge on any atom is -0.472 e. The van der Waals surface area contributed by atoms with Crippen LogP contribution >= 0.6 is 0 Å². The second-order valence-electron chi connectivity index (χ2n) is 4.68. The molecule has 0 atom stereocenters. The van der Waals surface area contributed by atoms with Crippen molar-refractivity contribution in [2.75, 3.05) is 5.32 Å². The van der Waals surface area contributed by atoms with Crippen LogP contribution in [0.1, 0.15) is 20.8 Å². The van der Waals surface area contributed by atoms with E-state index in [1.165, 1.54) is 0 Å². The fraction of sp³-hybridized carbons (Fsp3) is 0.333. The molecule has 0 unspecified atom stereocenters. The van der Waals surface area contributed by atoms with Crippen molar-refractivity contribution in [2.24, 2.45) is 0 Å². The fourth-order valence-electron chi connectivity index (χ4n) is 1.31. The Hall–Kier alpha value is -1.84. The monoisotopic (exact) mass is 217 g/mol. The Balaban J connectivity index is 2.17. The first kappa shape index (κ1) is 10.7. The van der Waals surface area contributed by atoms with Crippen molar-refractivity contribution in [2.45, 2.75) is 26.3 Å². The van der Waals surface area contributed by atoms with Crippen molar-refractivity contribution >= 4 is 5.95 Å². The molecule has 0 saturated carbocycles. The highest BCUT2D eigenvalue weighted by Crippen LogP contribution is 2.18. The van der Waals surface area contributed by atoms with Crippen molar-refractivity contribution in [3.8, 4) is 11.1 Å². The maximum Gasteiger partial charge on any atom is 0.223 e. The van der Waals surface area contributed by atoms with Gasteiger partial charge in [0.2, 0.25) is 5.95 Å². The van der Waals surface area contributed by atoms with Gasteiger partial charge in [-0.3, -0.25) is 0 Å². The quantitative estimate of drug-likeness (QED) is 0.840. The van der Waals surface area contributed by atoms with Crippen molar-refractivity contribution in [1.82, 2.24) is 9.97 Å². The van der Waals surface area contributed by atoms with Crippen LogP contribution in [0.5, 0.6) is 0 Å². The second kappa shape index (κ2) is 3.96. The molecule has 2 aromatic heterocycles. The summed E-state index contributed by atoms with van der Waals surface area (Å²) in [5, 5.41) is 3.21. The molecule has 0 aliphatic rings. The fourth-order valence-corrected chi connectivity index (χ4v) is 1.31. The van der Waals surface area contributed by atoms with Gasteiger partial charge < -0.3 is 9.73 Å². The number of furan rings is 1. The van der Waals surface area contributed by atoms with E-state index < -0.39 is 0 Å². The summed E-state index contributed by atoms with van der Waals surface area (Å²) < 4.78 is 5.01. The Morgan fingerprint density at radius 2 is 1.81 bits per heavy atom. The zero-order chi connectivity index (χ0) is 11.6. The number of hydrogen-bond donors (Lipinski definition) is 1. The molecule has 0 aliphatic carbocycles. The minimum absolute atomic E-state index is 0.0306. The predicted molar refractivity (Wildman–Crippen MR) is 63.1 cm³/mol. The molecule has 84 valence electrons.